The summed E-state index contributed by atoms with van der Waals surface area (Å²) in [6, 6.07) is 11.5. The Labute approximate surface area is 137 Å². The number of carbonyl (C=O) groups is 1. The molecule has 0 bridgehead atoms. The first kappa shape index (κ1) is 19.9. The van der Waals surface area contributed by atoms with Gasteiger partial charge in [0, 0.05) is 11.6 Å². The van der Waals surface area contributed by atoms with E-state index in [0.717, 1.165) is 11.1 Å². The summed E-state index contributed by atoms with van der Waals surface area (Å²) in [7, 11) is 0. The van der Waals surface area contributed by atoms with Crippen molar-refractivity contribution in [3.8, 4) is 6.07 Å². The van der Waals surface area contributed by atoms with E-state index in [1.54, 1.807) is 31.2 Å². The number of hydrogen-bond acceptors (Lipinski definition) is 2. The Morgan fingerprint density at radius 1 is 1.30 bits per heavy atom. The van der Waals surface area contributed by atoms with Crippen LogP contribution in [-0.4, -0.2) is 11.1 Å². The third-order valence-corrected chi connectivity index (χ3v) is 2.74. The minimum atomic E-state index is -0.885. The van der Waals surface area contributed by atoms with Crippen LogP contribution in [0.2, 0.25) is 0 Å². The number of allylic oxidation sites excluding steroid dienone is 6. The van der Waals surface area contributed by atoms with Crippen molar-refractivity contribution in [2.24, 2.45) is 0 Å². The molecule has 0 atom stereocenters. The highest BCUT2D eigenvalue weighted by Gasteiger charge is 2.07. The van der Waals surface area contributed by atoms with E-state index in [0.29, 0.717) is 12.0 Å². The van der Waals surface area contributed by atoms with Crippen molar-refractivity contribution in [1.29, 1.82) is 5.26 Å². The van der Waals surface area contributed by atoms with Crippen LogP contribution in [0.1, 0.15) is 18.9 Å². The third kappa shape index (κ3) is 9.43. The molecule has 0 radical (unpaired) electrons. The van der Waals surface area contributed by atoms with Gasteiger partial charge in [0.25, 0.3) is 0 Å². The molecule has 0 amide bonds. The molecule has 23 heavy (non-hydrogen) atoms. The zero-order valence-corrected chi connectivity index (χ0v) is 13.3. The van der Waals surface area contributed by atoms with Gasteiger partial charge in [-0.15, -0.1) is 0 Å². The summed E-state index contributed by atoms with van der Waals surface area (Å²) in [5.74, 6) is -0.885. The van der Waals surface area contributed by atoms with Crippen LogP contribution < -0.4 is 0 Å². The molecule has 0 saturated carbocycles. The highest BCUT2D eigenvalue weighted by Crippen LogP contribution is 2.13. The Bertz CT molecular complexity index is 644. The first-order valence-electron chi connectivity index (χ1n) is 7.01. The number of nitriles is 1. The van der Waals surface area contributed by atoms with Gasteiger partial charge >= 0.3 is 5.97 Å². The van der Waals surface area contributed by atoms with E-state index in [1.165, 1.54) is 6.08 Å². The second-order valence-electron chi connectivity index (χ2n) is 4.41. The molecular weight excluding hydrogens is 286 g/mol. The van der Waals surface area contributed by atoms with Crippen LogP contribution in [0.3, 0.4) is 0 Å². The zero-order chi connectivity index (χ0) is 17.5. The van der Waals surface area contributed by atoms with Gasteiger partial charge in [0.15, 0.2) is 0 Å². The summed E-state index contributed by atoms with van der Waals surface area (Å²) in [6.45, 7) is 8.48. The highest BCUT2D eigenvalue weighted by molar-refractivity contribution is 5.88. The Morgan fingerprint density at radius 2 is 1.91 bits per heavy atom. The minimum absolute atomic E-state index is 0.394. The number of hydrogen-bond donors (Lipinski definition) is 1. The summed E-state index contributed by atoms with van der Waals surface area (Å²) in [5, 5.41) is 16.7. The van der Waals surface area contributed by atoms with E-state index in [-0.39, 0.29) is 0 Å². The van der Waals surface area contributed by atoms with Gasteiger partial charge in [-0.05, 0) is 24.5 Å². The molecule has 118 valence electrons. The number of carboxylic acids is 1. The highest BCUT2D eigenvalue weighted by atomic mass is 16.4. The van der Waals surface area contributed by atoms with Crippen molar-refractivity contribution < 1.29 is 9.90 Å². The lowest BCUT2D eigenvalue weighted by Crippen LogP contribution is -2.01. The lowest BCUT2D eigenvalue weighted by Gasteiger charge is -2.01. The summed E-state index contributed by atoms with van der Waals surface area (Å²) in [6.07, 6.45) is 10.5. The predicted octanol–water partition coefficient (Wildman–Crippen LogP) is 4.93. The van der Waals surface area contributed by atoms with Gasteiger partial charge in [-0.3, -0.25) is 0 Å². The van der Waals surface area contributed by atoms with E-state index in [2.05, 4.69) is 13.2 Å². The second-order valence-corrected chi connectivity index (χ2v) is 4.41. The lowest BCUT2D eigenvalue weighted by molar-refractivity contribution is -0.132. The molecule has 1 rings (SSSR count). The molecule has 0 aromatic heterocycles. The van der Waals surface area contributed by atoms with E-state index in [4.69, 9.17) is 5.26 Å². The third-order valence-electron chi connectivity index (χ3n) is 2.74. The van der Waals surface area contributed by atoms with Gasteiger partial charge < -0.3 is 5.11 Å². The number of aliphatic carboxylic acids is 1. The van der Waals surface area contributed by atoms with Crippen LogP contribution in [0.15, 0.2) is 85.0 Å². The minimum Gasteiger partial charge on any atom is -0.478 e. The molecule has 0 aliphatic heterocycles. The second kappa shape index (κ2) is 12.6. The molecule has 3 nitrogen and oxygen atoms in total. The van der Waals surface area contributed by atoms with Crippen molar-refractivity contribution in [1.82, 2.24) is 0 Å². The quantitative estimate of drug-likeness (QED) is 0.460. The van der Waals surface area contributed by atoms with E-state index in [9.17, 15) is 9.90 Å². The fourth-order valence-corrected chi connectivity index (χ4v) is 1.61. The van der Waals surface area contributed by atoms with Crippen molar-refractivity contribution >= 4 is 12.0 Å². The maximum Gasteiger partial charge on any atom is 0.332 e. The zero-order valence-electron chi connectivity index (χ0n) is 13.3. The first-order chi connectivity index (χ1) is 11.1. The van der Waals surface area contributed by atoms with E-state index < -0.39 is 5.97 Å². The fourth-order valence-electron chi connectivity index (χ4n) is 1.61. The summed E-state index contributed by atoms with van der Waals surface area (Å²) >= 11 is 0. The van der Waals surface area contributed by atoms with Crippen LogP contribution in [0, 0.1) is 11.3 Å². The normalized spacial score (nSPS) is 11.1. The van der Waals surface area contributed by atoms with Gasteiger partial charge in [0.05, 0.1) is 6.07 Å². The van der Waals surface area contributed by atoms with Gasteiger partial charge in [0.2, 0.25) is 0 Å². The van der Waals surface area contributed by atoms with Crippen LogP contribution in [0.4, 0.5) is 0 Å². The van der Waals surface area contributed by atoms with Gasteiger partial charge in [-0.1, -0.05) is 73.9 Å². The number of rotatable bonds is 6. The van der Waals surface area contributed by atoms with Crippen molar-refractivity contribution in [3.63, 3.8) is 0 Å². The van der Waals surface area contributed by atoms with Crippen LogP contribution in [0.5, 0.6) is 0 Å². The molecule has 0 fully saturated rings. The molecule has 0 unspecified atom stereocenters. The molecule has 1 N–H and O–H groups in total. The van der Waals surface area contributed by atoms with Gasteiger partial charge in [0.1, 0.15) is 0 Å². The van der Waals surface area contributed by atoms with E-state index in [1.807, 2.05) is 42.5 Å². The molecule has 1 aromatic rings. The molecule has 3 heteroatoms. The molecule has 0 saturated heterocycles. The number of nitrogens with zero attached hydrogens (tertiary/aromatic N) is 1. The molecule has 0 aliphatic rings. The number of benzene rings is 1. The summed E-state index contributed by atoms with van der Waals surface area (Å²) in [5.41, 5.74) is 2.20. The smallest absolute Gasteiger partial charge is 0.332 e. The molecule has 0 heterocycles. The van der Waals surface area contributed by atoms with Crippen molar-refractivity contribution in [2.45, 2.75) is 13.3 Å². The first-order valence-corrected chi connectivity index (χ1v) is 7.01. The topological polar surface area (TPSA) is 61.1 Å². The standard InChI is InChI=1S/C17H18O2.C3H3N/c1-3-4-9-14(2)16(17(18)19)13-8-12-15-10-6-5-7-11-15;1-2-3-4/h3-12H,1,13H2,2H3,(H,18,19);2H,1H2. The van der Waals surface area contributed by atoms with E-state index >= 15 is 0 Å². The van der Waals surface area contributed by atoms with Crippen molar-refractivity contribution in [3.05, 3.63) is 90.6 Å². The number of carboxylic acid groups (broad SMARTS) is 1. The largest absolute Gasteiger partial charge is 0.478 e. The maximum atomic E-state index is 11.2. The lowest BCUT2D eigenvalue weighted by atomic mass is 10.0. The Kier molecular flexibility index (Phi) is 10.9. The van der Waals surface area contributed by atoms with Gasteiger partial charge in [-0.25, -0.2) is 4.79 Å². The fraction of sp³-hybridized carbons (Fsp3) is 0.100. The average Bonchev–Trinajstić information content (AvgIpc) is 2.57. The van der Waals surface area contributed by atoms with Crippen LogP contribution in [0.25, 0.3) is 6.08 Å². The molecular formula is C20H21NO2. The summed E-state index contributed by atoms with van der Waals surface area (Å²) in [4.78, 5) is 11.2. The van der Waals surface area contributed by atoms with Crippen molar-refractivity contribution in [2.75, 3.05) is 0 Å². The SMILES string of the molecule is C=CC#N.C=CC=CC(C)=C(CC=Cc1ccccc1)C(=O)O. The van der Waals surface area contributed by atoms with Crippen LogP contribution >= 0.6 is 0 Å². The summed E-state index contributed by atoms with van der Waals surface area (Å²) < 4.78 is 0. The Balaban J connectivity index is 0.00000108. The van der Waals surface area contributed by atoms with Gasteiger partial charge in [-0.2, -0.15) is 5.26 Å². The predicted molar refractivity (Wildman–Crippen MR) is 95.6 cm³/mol. The Hall–Kier alpha value is -3.12. The van der Waals surface area contributed by atoms with Crippen LogP contribution in [-0.2, 0) is 4.79 Å². The molecule has 0 spiro atoms. The Morgan fingerprint density at radius 3 is 2.39 bits per heavy atom. The molecule has 1 aromatic carbocycles. The maximum absolute atomic E-state index is 11.2. The monoisotopic (exact) mass is 307 g/mol. The molecule has 0 aliphatic carbocycles. The average molecular weight is 307 g/mol.